The fourth-order valence-corrected chi connectivity index (χ4v) is 4.42. The normalized spacial score (nSPS) is 13.7. The second-order valence-corrected chi connectivity index (χ2v) is 10.2. The van der Waals surface area contributed by atoms with Crippen molar-refractivity contribution in [2.24, 2.45) is 10.9 Å². The molecule has 6 nitrogen and oxygen atoms in total. The van der Waals surface area contributed by atoms with Crippen LogP contribution >= 0.6 is 0 Å². The smallest absolute Gasteiger partial charge is 0.178 e. The van der Waals surface area contributed by atoms with Gasteiger partial charge in [0, 0.05) is 19.7 Å². The number of aldehydes is 1. The minimum Gasteiger partial charge on any atom is -0.364 e. The summed E-state index contributed by atoms with van der Waals surface area (Å²) in [5.74, 6) is 7.45. The van der Waals surface area contributed by atoms with Gasteiger partial charge in [0.1, 0.15) is 17.8 Å². The molecule has 0 radical (unpaired) electrons. The molecule has 1 unspecified atom stereocenters. The highest BCUT2D eigenvalue weighted by atomic mass is 19.1. The average Bonchev–Trinajstić information content (AvgIpc) is 3.23. The standard InChI is InChI=1S/C31H49FN4O2/c1-9-13-27(21-30-29(14-10-2)31(38-34-30)20-25(5)32)16-19-35(7)18-12-15-28(23-37)24(4)22-33-26(6)36(8)17-11-3/h20,23,27H,9,11-13,15-19,21-22H2,1-8H3/b25-20+,28-24-,33-26?. The van der Waals surface area contributed by atoms with Gasteiger partial charge in [0.05, 0.1) is 17.9 Å². The molecule has 1 atom stereocenters. The Kier molecular flexibility index (Phi) is 16.2. The molecule has 0 N–H and O–H groups in total. The lowest BCUT2D eigenvalue weighted by molar-refractivity contribution is -0.105. The van der Waals surface area contributed by atoms with Gasteiger partial charge < -0.3 is 14.3 Å². The van der Waals surface area contributed by atoms with Crippen molar-refractivity contribution in [3.63, 3.8) is 0 Å². The van der Waals surface area contributed by atoms with Gasteiger partial charge in [0.15, 0.2) is 5.76 Å². The number of rotatable bonds is 17. The highest BCUT2D eigenvalue weighted by molar-refractivity contribution is 5.80. The Morgan fingerprint density at radius 1 is 1.13 bits per heavy atom. The third kappa shape index (κ3) is 12.2. The predicted octanol–water partition coefficient (Wildman–Crippen LogP) is 6.71. The zero-order chi connectivity index (χ0) is 28.5. The Morgan fingerprint density at radius 2 is 1.87 bits per heavy atom. The second-order valence-electron chi connectivity index (χ2n) is 10.2. The minimum atomic E-state index is -0.330. The number of aliphatic imine (C=N–C) groups is 1. The molecule has 7 heteroatoms. The van der Waals surface area contributed by atoms with Crippen LogP contribution < -0.4 is 0 Å². The van der Waals surface area contributed by atoms with Crippen LogP contribution in [-0.4, -0.2) is 67.4 Å². The van der Waals surface area contributed by atoms with Crippen LogP contribution in [-0.2, 0) is 11.2 Å². The van der Waals surface area contributed by atoms with Crippen LogP contribution in [0.15, 0.2) is 26.5 Å². The van der Waals surface area contributed by atoms with Crippen molar-refractivity contribution in [2.75, 3.05) is 40.3 Å². The number of hydrogen-bond donors (Lipinski definition) is 0. The van der Waals surface area contributed by atoms with Gasteiger partial charge in [-0.05, 0) is 97.0 Å². The molecule has 0 aliphatic carbocycles. The summed E-state index contributed by atoms with van der Waals surface area (Å²) in [5, 5.41) is 4.22. The summed E-state index contributed by atoms with van der Waals surface area (Å²) in [4.78, 5) is 20.9. The summed E-state index contributed by atoms with van der Waals surface area (Å²) in [6, 6.07) is 0. The molecule has 0 aliphatic heterocycles. The quantitative estimate of drug-likeness (QED) is 0.0739. The highest BCUT2D eigenvalue weighted by Gasteiger charge is 2.18. The molecule has 212 valence electrons. The van der Waals surface area contributed by atoms with Crippen molar-refractivity contribution >= 4 is 18.2 Å². The molecule has 1 aromatic heterocycles. The van der Waals surface area contributed by atoms with E-state index in [4.69, 9.17) is 4.52 Å². The molecular formula is C31H49FN4O2. The largest absolute Gasteiger partial charge is 0.364 e. The van der Waals surface area contributed by atoms with Crippen LogP contribution in [0.3, 0.4) is 0 Å². The fraction of sp³-hybridized carbons (Fsp3) is 0.645. The zero-order valence-electron chi connectivity index (χ0n) is 25.0. The van der Waals surface area contributed by atoms with Gasteiger partial charge in [-0.25, -0.2) is 4.39 Å². The van der Waals surface area contributed by atoms with Crippen molar-refractivity contribution in [2.45, 2.75) is 86.5 Å². The highest BCUT2D eigenvalue weighted by Crippen LogP contribution is 2.24. The van der Waals surface area contributed by atoms with Crippen molar-refractivity contribution in [3.05, 3.63) is 34.0 Å². The van der Waals surface area contributed by atoms with Crippen LogP contribution in [0.5, 0.6) is 0 Å². The van der Waals surface area contributed by atoms with E-state index in [1.807, 2.05) is 13.8 Å². The summed E-state index contributed by atoms with van der Waals surface area (Å²) in [7, 11) is 4.18. The molecule has 38 heavy (non-hydrogen) atoms. The summed E-state index contributed by atoms with van der Waals surface area (Å²) in [5.41, 5.74) is 3.41. The van der Waals surface area contributed by atoms with E-state index >= 15 is 0 Å². The van der Waals surface area contributed by atoms with Gasteiger partial charge in [0.2, 0.25) is 0 Å². The van der Waals surface area contributed by atoms with Gasteiger partial charge in [-0.2, -0.15) is 0 Å². The van der Waals surface area contributed by atoms with Crippen LogP contribution in [0.2, 0.25) is 0 Å². The second kappa shape index (κ2) is 18.5. The summed E-state index contributed by atoms with van der Waals surface area (Å²) < 4.78 is 18.8. The van der Waals surface area contributed by atoms with Gasteiger partial charge in [-0.15, -0.1) is 5.92 Å². The molecule has 0 saturated carbocycles. The molecule has 1 rings (SSSR count). The van der Waals surface area contributed by atoms with Gasteiger partial charge in [-0.1, -0.05) is 37.8 Å². The van der Waals surface area contributed by atoms with Crippen molar-refractivity contribution < 1.29 is 13.7 Å². The van der Waals surface area contributed by atoms with Crippen molar-refractivity contribution in [1.82, 2.24) is 15.0 Å². The Bertz CT molecular complexity index is 1010. The number of nitrogens with zero attached hydrogens (tertiary/aromatic N) is 4. The Morgan fingerprint density at radius 3 is 2.47 bits per heavy atom. The van der Waals surface area contributed by atoms with E-state index in [9.17, 15) is 9.18 Å². The molecule has 1 aromatic rings. The molecule has 1 heterocycles. The van der Waals surface area contributed by atoms with E-state index in [1.54, 1.807) is 6.92 Å². The Labute approximate surface area is 230 Å². The lowest BCUT2D eigenvalue weighted by Crippen LogP contribution is -2.25. The number of carbonyl (C=O) groups excluding carboxylic acids is 1. The van der Waals surface area contributed by atoms with E-state index in [0.29, 0.717) is 23.8 Å². The summed E-state index contributed by atoms with van der Waals surface area (Å²) >= 11 is 0. The first-order valence-corrected chi connectivity index (χ1v) is 14.0. The molecule has 0 spiro atoms. The number of amidine groups is 1. The van der Waals surface area contributed by atoms with E-state index in [1.165, 1.54) is 13.0 Å². The molecule has 0 aromatic carbocycles. The molecular weight excluding hydrogens is 479 g/mol. The fourth-order valence-electron chi connectivity index (χ4n) is 4.42. The lowest BCUT2D eigenvalue weighted by Gasteiger charge is -2.21. The number of carbonyl (C=O) groups is 1. The number of allylic oxidation sites excluding steroid dienone is 2. The van der Waals surface area contributed by atoms with E-state index in [2.05, 4.69) is 59.7 Å². The topological polar surface area (TPSA) is 61.9 Å². The molecule has 0 saturated heterocycles. The van der Waals surface area contributed by atoms with E-state index in [0.717, 1.165) is 93.5 Å². The van der Waals surface area contributed by atoms with Crippen LogP contribution in [0.1, 0.15) is 97.1 Å². The Hall–Kier alpha value is -2.72. The maximum Gasteiger partial charge on any atom is 0.178 e. The monoisotopic (exact) mass is 528 g/mol. The number of halogens is 1. The third-order valence-electron chi connectivity index (χ3n) is 6.80. The van der Waals surface area contributed by atoms with Crippen LogP contribution in [0.4, 0.5) is 4.39 Å². The van der Waals surface area contributed by atoms with E-state index in [-0.39, 0.29) is 5.83 Å². The van der Waals surface area contributed by atoms with Crippen molar-refractivity contribution in [3.8, 4) is 11.8 Å². The van der Waals surface area contributed by atoms with Gasteiger partial charge in [-0.3, -0.25) is 9.79 Å². The van der Waals surface area contributed by atoms with Crippen LogP contribution in [0, 0.1) is 17.8 Å². The molecule has 0 fully saturated rings. The number of aromatic nitrogens is 1. The van der Waals surface area contributed by atoms with Crippen LogP contribution in [0.25, 0.3) is 6.08 Å². The Balaban J connectivity index is 2.67. The van der Waals surface area contributed by atoms with Gasteiger partial charge in [0.25, 0.3) is 0 Å². The maximum absolute atomic E-state index is 13.4. The predicted molar refractivity (Wildman–Crippen MR) is 157 cm³/mol. The first kappa shape index (κ1) is 33.3. The first-order chi connectivity index (χ1) is 18.2. The van der Waals surface area contributed by atoms with Crippen molar-refractivity contribution in [1.29, 1.82) is 0 Å². The minimum absolute atomic E-state index is 0.330. The SMILES string of the molecule is CC#Cc1c(CC(CCC)CCN(C)CCC/C(C=O)=C(\C)CN=C(C)N(C)CCC)noc1/C=C(\C)F. The average molecular weight is 529 g/mol. The molecule has 0 bridgehead atoms. The third-order valence-corrected chi connectivity index (χ3v) is 6.80. The number of hydrogen-bond acceptors (Lipinski definition) is 5. The summed E-state index contributed by atoms with van der Waals surface area (Å²) in [6.07, 6.45) is 9.07. The van der Waals surface area contributed by atoms with E-state index < -0.39 is 0 Å². The van der Waals surface area contributed by atoms with Gasteiger partial charge >= 0.3 is 0 Å². The first-order valence-electron chi connectivity index (χ1n) is 14.0. The summed E-state index contributed by atoms with van der Waals surface area (Å²) in [6.45, 7) is 15.0. The maximum atomic E-state index is 13.4. The lowest BCUT2D eigenvalue weighted by atomic mass is 9.92. The molecule has 0 aliphatic rings. The zero-order valence-corrected chi connectivity index (χ0v) is 25.0. The molecule has 0 amide bonds.